The summed E-state index contributed by atoms with van der Waals surface area (Å²) in [5, 5.41) is 13.9. The quantitative estimate of drug-likeness (QED) is 0.0760. The van der Waals surface area contributed by atoms with Crippen molar-refractivity contribution in [2.75, 3.05) is 53.4 Å². The van der Waals surface area contributed by atoms with Crippen LogP contribution in [-0.2, 0) is 30.3 Å². The van der Waals surface area contributed by atoms with Gasteiger partial charge in [-0.25, -0.2) is 4.79 Å². The minimum Gasteiger partial charge on any atom is -0.482 e. The number of esters is 2. The topological polar surface area (TPSA) is 178 Å². The fourth-order valence-electron chi connectivity index (χ4n) is 12.7. The van der Waals surface area contributed by atoms with Crippen LogP contribution in [-0.4, -0.2) is 119 Å². The van der Waals surface area contributed by atoms with Gasteiger partial charge in [0.25, 0.3) is 0 Å². The van der Waals surface area contributed by atoms with Crippen molar-refractivity contribution in [3.05, 3.63) is 104 Å². The number of likely N-dealkylation sites (N-methyl/N-ethyl adjacent to an activating group) is 1. The van der Waals surface area contributed by atoms with E-state index in [0.29, 0.717) is 82.0 Å². The second-order valence-corrected chi connectivity index (χ2v) is 22.1. The van der Waals surface area contributed by atoms with E-state index in [9.17, 15) is 19.5 Å². The summed E-state index contributed by atoms with van der Waals surface area (Å²) in [4.78, 5) is 78.3. The molecule has 0 radical (unpaired) electrons. The third-order valence-corrected chi connectivity index (χ3v) is 16.4. The molecule has 10 rings (SSSR count). The van der Waals surface area contributed by atoms with Crippen LogP contribution in [0.25, 0.3) is 17.5 Å². The Balaban J connectivity index is 1.36. The van der Waals surface area contributed by atoms with Crippen molar-refractivity contribution in [1.82, 2.24) is 14.7 Å². The van der Waals surface area contributed by atoms with E-state index < -0.39 is 52.3 Å². The molecule has 1 amide bonds. The molecule has 3 saturated carbocycles. The Morgan fingerprint density at radius 1 is 0.932 bits per heavy atom. The van der Waals surface area contributed by atoms with Crippen LogP contribution >= 0.6 is 0 Å². The number of fused-ring (bicyclic) bond motifs is 7. The number of rotatable bonds is 15. The maximum Gasteiger partial charge on any atom is 0.333 e. The van der Waals surface area contributed by atoms with Gasteiger partial charge in [0.05, 0.1) is 36.1 Å². The molecule has 4 heterocycles. The highest BCUT2D eigenvalue weighted by molar-refractivity contribution is 6.23. The zero-order valence-electron chi connectivity index (χ0n) is 44.2. The molecule has 14 heteroatoms. The minimum absolute atomic E-state index is 0.0597. The number of Topliss-reactive ketones (excluding diaryl/α,β-unsaturated/α-hetero) is 2. The van der Waals surface area contributed by atoms with Gasteiger partial charge in [-0.2, -0.15) is 0 Å². The standard InChI is InChI=1S/C59H72N4O10/c1-33(2)14-13-23-57(8)24-22-40-52(72-57)39(18-17-34(3)4)54-47(53(40)71-44(65)20-19-43(64)62-30-28-61(9)29-31-62)50-48-45(46-49(63(50)27-26-60)37-15-11-12-16-38(37)51(46)66)41-32-42(35(5)6)59(48,73-54)58(69,55(41)67)25-21-36(7)56(68)70-10/h11-12,14-17,21-22,24,35,41-42,45,69H,13,18-20,23,25-32,60H2,1-10H3/b36-21-. The molecular weight excluding hydrogens is 925 g/mol. The molecule has 4 fully saturated rings. The van der Waals surface area contributed by atoms with Crippen LogP contribution in [0, 0.1) is 23.7 Å². The Labute approximate surface area is 429 Å². The lowest BCUT2D eigenvalue weighted by Gasteiger charge is -2.66. The molecule has 3 N–H and O–H groups in total. The Kier molecular flexibility index (Phi) is 13.9. The summed E-state index contributed by atoms with van der Waals surface area (Å²) in [7, 11) is 3.30. The zero-order chi connectivity index (χ0) is 52.5. The second kappa shape index (κ2) is 19.6. The van der Waals surface area contributed by atoms with Gasteiger partial charge >= 0.3 is 11.9 Å². The third-order valence-electron chi connectivity index (χ3n) is 16.4. The van der Waals surface area contributed by atoms with E-state index in [1.807, 2.05) is 63.1 Å². The number of carbonyl (C=O) groups excluding carboxylic acids is 5. The second-order valence-electron chi connectivity index (χ2n) is 22.1. The number of hydrogen-bond acceptors (Lipinski definition) is 13. The van der Waals surface area contributed by atoms with Crippen LogP contribution in [0.4, 0.5) is 0 Å². The van der Waals surface area contributed by atoms with Gasteiger partial charge in [-0.1, -0.05) is 67.5 Å². The zero-order valence-corrected chi connectivity index (χ0v) is 44.2. The average molecular weight is 997 g/mol. The molecule has 14 nitrogen and oxygen atoms in total. The summed E-state index contributed by atoms with van der Waals surface area (Å²) in [6, 6.07) is 7.42. The van der Waals surface area contributed by atoms with Crippen LogP contribution in [0.3, 0.4) is 0 Å². The van der Waals surface area contributed by atoms with Crippen molar-refractivity contribution >= 4 is 46.9 Å². The summed E-state index contributed by atoms with van der Waals surface area (Å²) in [6.07, 6.45) is 11.1. The Bertz CT molecular complexity index is 2870. The van der Waals surface area contributed by atoms with E-state index in [-0.39, 0.29) is 73.5 Å². The van der Waals surface area contributed by atoms with Crippen LogP contribution in [0.15, 0.2) is 76.4 Å². The smallest absolute Gasteiger partial charge is 0.333 e. The first-order chi connectivity index (χ1) is 34.7. The minimum atomic E-state index is -2.29. The van der Waals surface area contributed by atoms with Crippen molar-refractivity contribution in [3.8, 4) is 17.2 Å². The molecule has 388 valence electrons. The van der Waals surface area contributed by atoms with E-state index in [1.54, 1.807) is 24.0 Å². The maximum absolute atomic E-state index is 15.8. The van der Waals surface area contributed by atoms with E-state index in [4.69, 9.17) is 24.7 Å². The number of nitrogens with zero attached hydrogens (tertiary/aromatic N) is 3. The number of methoxy groups -OCH3 is 1. The number of ether oxygens (including phenoxy) is 4. The number of allylic oxidation sites excluding steroid dienone is 5. The predicted molar refractivity (Wildman–Crippen MR) is 279 cm³/mol. The van der Waals surface area contributed by atoms with E-state index >= 15 is 9.59 Å². The van der Waals surface area contributed by atoms with Gasteiger partial charge < -0.3 is 44.5 Å². The van der Waals surface area contributed by atoms with Crippen molar-refractivity contribution < 1.29 is 48.0 Å². The number of piperazine rings is 1. The number of carbonyl (C=O) groups is 5. The molecule has 4 aliphatic heterocycles. The van der Waals surface area contributed by atoms with E-state index in [2.05, 4.69) is 44.7 Å². The van der Waals surface area contributed by atoms with Crippen LogP contribution < -0.4 is 19.9 Å². The van der Waals surface area contributed by atoms with E-state index in [0.717, 1.165) is 25.1 Å². The van der Waals surface area contributed by atoms with Crippen molar-refractivity contribution in [2.45, 2.75) is 117 Å². The number of aliphatic hydroxyl groups is 1. The summed E-state index contributed by atoms with van der Waals surface area (Å²) >= 11 is 0. The van der Waals surface area contributed by atoms with Crippen LogP contribution in [0.5, 0.6) is 17.2 Å². The summed E-state index contributed by atoms with van der Waals surface area (Å²) in [6.45, 7) is 18.8. The molecule has 2 bridgehead atoms. The molecule has 1 saturated heterocycles. The maximum atomic E-state index is 15.8. The molecule has 1 spiro atoms. The SMILES string of the molecule is COC(=O)/C(C)=C\CC1(O)C(=O)C2CC(C(C)C)C13Oc1c(CC=C(C)C)c4c(c(OC(=O)CCC(=O)N5CCN(C)CC5)c1C1=C3C2C2=C(c3ccccc3C2=O)N1CCN)C=CC(C)(CCC=C(C)C)O4. The van der Waals surface area contributed by atoms with Crippen molar-refractivity contribution in [2.24, 2.45) is 29.4 Å². The number of hydrogen-bond donors (Lipinski definition) is 2. The van der Waals surface area contributed by atoms with Gasteiger partial charge in [-0.15, -0.1) is 0 Å². The lowest BCUT2D eigenvalue weighted by atomic mass is 9.43. The number of nitrogens with two attached hydrogens (primary N) is 1. The van der Waals surface area contributed by atoms with Crippen molar-refractivity contribution in [1.29, 1.82) is 0 Å². The molecule has 73 heavy (non-hydrogen) atoms. The highest BCUT2D eigenvalue weighted by atomic mass is 16.6. The van der Waals surface area contributed by atoms with Gasteiger partial charge in [-0.3, -0.25) is 19.2 Å². The molecule has 2 aromatic carbocycles. The van der Waals surface area contributed by atoms with Gasteiger partial charge in [0, 0.05) is 103 Å². The molecule has 2 aromatic rings. The Morgan fingerprint density at radius 2 is 1.63 bits per heavy atom. The molecule has 4 aliphatic carbocycles. The van der Waals surface area contributed by atoms with E-state index in [1.165, 1.54) is 12.7 Å². The first kappa shape index (κ1) is 51.8. The molecule has 6 unspecified atom stereocenters. The van der Waals surface area contributed by atoms with Crippen LogP contribution in [0.1, 0.15) is 127 Å². The first-order valence-electron chi connectivity index (χ1n) is 26.1. The lowest BCUT2D eigenvalue weighted by molar-refractivity contribution is -0.210. The highest BCUT2D eigenvalue weighted by Gasteiger charge is 2.77. The summed E-state index contributed by atoms with van der Waals surface area (Å²) in [5.41, 5.74) is 8.89. The molecule has 0 aromatic heterocycles. The third kappa shape index (κ3) is 8.51. The molecule has 6 atom stereocenters. The monoisotopic (exact) mass is 997 g/mol. The lowest BCUT2D eigenvalue weighted by Crippen LogP contribution is -2.78. The fourth-order valence-corrected chi connectivity index (χ4v) is 12.7. The van der Waals surface area contributed by atoms with Gasteiger partial charge in [0.1, 0.15) is 17.1 Å². The van der Waals surface area contributed by atoms with Gasteiger partial charge in [0.2, 0.25) is 5.91 Å². The number of ketones is 2. The van der Waals surface area contributed by atoms with Crippen LogP contribution in [0.2, 0.25) is 0 Å². The summed E-state index contributed by atoms with van der Waals surface area (Å²) < 4.78 is 27.0. The largest absolute Gasteiger partial charge is 0.482 e. The normalized spacial score (nSPS) is 26.6. The number of amides is 1. The Hall–Kier alpha value is -6.09. The first-order valence-corrected chi connectivity index (χ1v) is 26.1. The Morgan fingerprint density at radius 3 is 2.29 bits per heavy atom. The molecule has 8 aliphatic rings. The van der Waals surface area contributed by atoms with Crippen molar-refractivity contribution in [3.63, 3.8) is 0 Å². The average Bonchev–Trinajstić information content (AvgIpc) is 3.65. The summed E-state index contributed by atoms with van der Waals surface area (Å²) in [5.74, 6) is -3.69. The predicted octanol–water partition coefficient (Wildman–Crippen LogP) is 8.02. The fraction of sp³-hybridized carbons (Fsp3) is 0.508. The highest BCUT2D eigenvalue weighted by Crippen LogP contribution is 2.71. The molecular formula is C59H72N4O10. The number of benzene rings is 2. The van der Waals surface area contributed by atoms with Gasteiger partial charge in [0.15, 0.2) is 28.5 Å². The van der Waals surface area contributed by atoms with Gasteiger partial charge in [-0.05, 0) is 92.3 Å².